The zero-order valence-electron chi connectivity index (χ0n) is 25.7. The number of nitrogens with zero attached hydrogens (tertiary/aromatic N) is 4. The van der Waals surface area contributed by atoms with Crippen LogP contribution in [0.5, 0.6) is 17.2 Å². The van der Waals surface area contributed by atoms with E-state index in [-0.39, 0.29) is 5.91 Å². The van der Waals surface area contributed by atoms with Gasteiger partial charge in [-0.1, -0.05) is 44.7 Å². The maximum Gasteiger partial charge on any atom is 0.247 e. The lowest BCUT2D eigenvalue weighted by Gasteiger charge is -2.26. The van der Waals surface area contributed by atoms with Crippen LogP contribution in [0.25, 0.3) is 11.3 Å². The number of methoxy groups -OCH3 is 1. The highest BCUT2D eigenvalue weighted by molar-refractivity contribution is 6.02. The first-order chi connectivity index (χ1) is 20.7. The van der Waals surface area contributed by atoms with E-state index in [1.165, 1.54) is 11.6 Å². The molecule has 4 rings (SSSR count). The van der Waals surface area contributed by atoms with Crippen molar-refractivity contribution in [3.8, 4) is 28.5 Å². The first-order valence-electron chi connectivity index (χ1n) is 14.2. The standard InChI is InChI=1S/C34H40N6O3/c1-8-33(41)36-28-21-29(32(42-7)22-30(28)40(6)19-18-39(4)5)38-34-35-17-16-27(37-34)26-14-9-10-15-31(26)43-25-13-11-12-24(20-25)23(2)3/h8-17,20-23H,1,18-19H2,2-7H3,(H,36,41)(H,35,37,38). The van der Waals surface area contributed by atoms with E-state index >= 15 is 0 Å². The van der Waals surface area contributed by atoms with Gasteiger partial charge in [-0.15, -0.1) is 0 Å². The maximum atomic E-state index is 12.3. The van der Waals surface area contributed by atoms with Crippen molar-refractivity contribution in [1.82, 2.24) is 14.9 Å². The fourth-order valence-electron chi connectivity index (χ4n) is 4.43. The van der Waals surface area contributed by atoms with Crippen LogP contribution in [0, 0.1) is 0 Å². The molecule has 2 N–H and O–H groups in total. The second-order valence-electron chi connectivity index (χ2n) is 10.7. The van der Waals surface area contributed by atoms with E-state index in [4.69, 9.17) is 14.5 Å². The van der Waals surface area contributed by atoms with Gasteiger partial charge >= 0.3 is 0 Å². The smallest absolute Gasteiger partial charge is 0.247 e. The molecule has 0 radical (unpaired) electrons. The maximum absolute atomic E-state index is 12.3. The van der Waals surface area contributed by atoms with E-state index in [0.29, 0.717) is 40.4 Å². The molecule has 3 aromatic carbocycles. The van der Waals surface area contributed by atoms with Crippen LogP contribution in [0.15, 0.2) is 85.6 Å². The van der Waals surface area contributed by atoms with Crippen LogP contribution in [0.4, 0.5) is 23.0 Å². The van der Waals surface area contributed by atoms with Gasteiger partial charge in [0.05, 0.1) is 29.9 Å². The number of anilines is 4. The largest absolute Gasteiger partial charge is 0.494 e. The summed E-state index contributed by atoms with van der Waals surface area (Å²) in [5.74, 6) is 2.47. The quantitative estimate of drug-likeness (QED) is 0.165. The lowest BCUT2D eigenvalue weighted by Crippen LogP contribution is -2.29. The summed E-state index contributed by atoms with van der Waals surface area (Å²) < 4.78 is 12.1. The van der Waals surface area contributed by atoms with Crippen molar-refractivity contribution < 1.29 is 14.3 Å². The lowest BCUT2D eigenvalue weighted by molar-refractivity contribution is -0.111. The molecule has 0 unspecified atom stereocenters. The van der Waals surface area contributed by atoms with E-state index in [9.17, 15) is 4.79 Å². The van der Waals surface area contributed by atoms with Gasteiger partial charge in [-0.25, -0.2) is 9.97 Å². The Morgan fingerprint density at radius 1 is 0.977 bits per heavy atom. The Morgan fingerprint density at radius 3 is 2.49 bits per heavy atom. The number of rotatable bonds is 13. The van der Waals surface area contributed by atoms with Gasteiger partial charge in [0.25, 0.3) is 0 Å². The first kappa shape index (κ1) is 31.1. The van der Waals surface area contributed by atoms with Crippen LogP contribution in [0.2, 0.25) is 0 Å². The molecule has 43 heavy (non-hydrogen) atoms. The molecule has 0 bridgehead atoms. The van der Waals surface area contributed by atoms with E-state index in [2.05, 4.69) is 58.0 Å². The second-order valence-corrected chi connectivity index (χ2v) is 10.7. The van der Waals surface area contributed by atoms with E-state index in [1.807, 2.05) is 75.7 Å². The highest BCUT2D eigenvalue weighted by Gasteiger charge is 2.17. The lowest BCUT2D eigenvalue weighted by atomic mass is 10.0. The van der Waals surface area contributed by atoms with Crippen molar-refractivity contribution in [3.05, 3.63) is 91.1 Å². The van der Waals surface area contributed by atoms with Gasteiger partial charge in [0.2, 0.25) is 11.9 Å². The number of amides is 1. The van der Waals surface area contributed by atoms with Crippen molar-refractivity contribution in [1.29, 1.82) is 0 Å². The third-order valence-electron chi connectivity index (χ3n) is 6.87. The van der Waals surface area contributed by atoms with E-state index in [1.54, 1.807) is 13.3 Å². The van der Waals surface area contributed by atoms with Crippen molar-refractivity contribution in [2.24, 2.45) is 0 Å². The highest BCUT2D eigenvalue weighted by Crippen LogP contribution is 2.38. The molecule has 9 nitrogen and oxygen atoms in total. The van der Waals surface area contributed by atoms with Gasteiger partial charge in [0.15, 0.2) is 0 Å². The number of likely N-dealkylation sites (N-methyl/N-ethyl adjacent to an activating group) is 2. The number of carbonyl (C=O) groups excluding carboxylic acids is 1. The molecular weight excluding hydrogens is 540 g/mol. The summed E-state index contributed by atoms with van der Waals surface area (Å²) in [6.45, 7) is 9.49. The monoisotopic (exact) mass is 580 g/mol. The van der Waals surface area contributed by atoms with Crippen molar-refractivity contribution in [2.75, 3.05) is 56.9 Å². The first-order valence-corrected chi connectivity index (χ1v) is 14.2. The van der Waals surface area contributed by atoms with Crippen LogP contribution in [0.3, 0.4) is 0 Å². The van der Waals surface area contributed by atoms with E-state index in [0.717, 1.165) is 30.1 Å². The fourth-order valence-corrected chi connectivity index (χ4v) is 4.43. The van der Waals surface area contributed by atoms with Crippen LogP contribution in [-0.2, 0) is 4.79 Å². The number of hydrogen-bond donors (Lipinski definition) is 2. The molecule has 1 heterocycles. The Kier molecular flexibility index (Phi) is 10.3. The van der Waals surface area contributed by atoms with E-state index < -0.39 is 0 Å². The van der Waals surface area contributed by atoms with Gasteiger partial charge in [-0.3, -0.25) is 4.79 Å². The summed E-state index contributed by atoms with van der Waals surface area (Å²) in [7, 11) is 7.61. The summed E-state index contributed by atoms with van der Waals surface area (Å²) in [4.78, 5) is 25.7. The number of hydrogen-bond acceptors (Lipinski definition) is 8. The number of ether oxygens (including phenoxy) is 2. The van der Waals surface area contributed by atoms with Crippen LogP contribution in [0.1, 0.15) is 25.3 Å². The number of para-hydroxylation sites is 1. The summed E-state index contributed by atoms with van der Waals surface area (Å²) in [5, 5.41) is 6.20. The Morgan fingerprint density at radius 2 is 1.77 bits per heavy atom. The predicted octanol–water partition coefficient (Wildman–Crippen LogP) is 6.93. The van der Waals surface area contributed by atoms with Crippen LogP contribution in [-0.4, -0.2) is 62.1 Å². The summed E-state index contributed by atoms with van der Waals surface area (Å²) in [6.07, 6.45) is 2.93. The van der Waals surface area contributed by atoms with Gasteiger partial charge < -0.3 is 29.9 Å². The molecule has 0 aliphatic heterocycles. The zero-order chi connectivity index (χ0) is 30.9. The Balaban J connectivity index is 1.66. The minimum absolute atomic E-state index is 0.313. The number of nitrogens with one attached hydrogen (secondary N) is 2. The molecule has 1 amide bonds. The SMILES string of the molecule is C=CC(=O)Nc1cc(Nc2nccc(-c3ccccc3Oc3cccc(C(C)C)c3)n2)c(OC)cc1N(C)CCN(C)C. The minimum Gasteiger partial charge on any atom is -0.494 e. The second kappa shape index (κ2) is 14.3. The van der Waals surface area contributed by atoms with Gasteiger partial charge in [-0.2, -0.15) is 0 Å². The third-order valence-corrected chi connectivity index (χ3v) is 6.87. The Bertz CT molecular complexity index is 1570. The molecule has 0 spiro atoms. The summed E-state index contributed by atoms with van der Waals surface area (Å²) in [6, 6.07) is 21.4. The van der Waals surface area contributed by atoms with Gasteiger partial charge in [0.1, 0.15) is 17.2 Å². The normalized spacial score (nSPS) is 10.9. The van der Waals surface area contributed by atoms with Crippen LogP contribution < -0.4 is 25.0 Å². The van der Waals surface area contributed by atoms with Crippen LogP contribution >= 0.6 is 0 Å². The molecule has 0 saturated carbocycles. The van der Waals surface area contributed by atoms with Crippen molar-refractivity contribution >= 4 is 28.9 Å². The molecule has 1 aromatic heterocycles. The fraction of sp³-hybridized carbons (Fsp3) is 0.265. The average molecular weight is 581 g/mol. The number of aromatic nitrogens is 2. The topological polar surface area (TPSA) is 91.8 Å². The zero-order valence-corrected chi connectivity index (χ0v) is 25.7. The number of benzene rings is 3. The Labute approximate surface area is 254 Å². The molecule has 0 saturated heterocycles. The molecule has 0 fully saturated rings. The average Bonchev–Trinajstić information content (AvgIpc) is 3.00. The molecule has 224 valence electrons. The molecule has 0 atom stereocenters. The highest BCUT2D eigenvalue weighted by atomic mass is 16.5. The summed E-state index contributed by atoms with van der Waals surface area (Å²) in [5.41, 5.74) is 4.73. The summed E-state index contributed by atoms with van der Waals surface area (Å²) >= 11 is 0. The molecule has 0 aliphatic carbocycles. The number of carbonyl (C=O) groups is 1. The molecular formula is C34H40N6O3. The van der Waals surface area contributed by atoms with Gasteiger partial charge in [0, 0.05) is 38.0 Å². The predicted molar refractivity (Wildman–Crippen MR) is 175 cm³/mol. The minimum atomic E-state index is -0.313. The van der Waals surface area contributed by atoms with Gasteiger partial charge in [-0.05, 0) is 68.1 Å². The third kappa shape index (κ3) is 8.11. The van der Waals surface area contributed by atoms with Crippen molar-refractivity contribution in [2.45, 2.75) is 19.8 Å². The molecule has 9 heteroatoms. The molecule has 0 aliphatic rings. The molecule has 4 aromatic rings. The Hall–Kier alpha value is -4.89. The van der Waals surface area contributed by atoms with Crippen molar-refractivity contribution in [3.63, 3.8) is 0 Å².